The smallest absolute Gasteiger partial charge is 0.253 e. The number of piperidine rings is 1. The van der Waals surface area contributed by atoms with Crippen LogP contribution in [0, 0.1) is 5.92 Å². The van der Waals surface area contributed by atoms with E-state index in [1.807, 2.05) is 29.2 Å². The molecule has 1 fully saturated rings. The van der Waals surface area contributed by atoms with Gasteiger partial charge in [0.25, 0.3) is 5.91 Å². The molecule has 0 bridgehead atoms. The molecule has 1 aromatic rings. The molecule has 1 aliphatic rings. The molecule has 1 aliphatic heterocycles. The molecule has 1 heterocycles. The lowest BCUT2D eigenvalue weighted by atomic mass is 9.86. The van der Waals surface area contributed by atoms with Gasteiger partial charge < -0.3 is 9.69 Å². The minimum Gasteiger partial charge on any atom is -0.339 e. The van der Waals surface area contributed by atoms with Crippen LogP contribution >= 0.6 is 0 Å². The van der Waals surface area contributed by atoms with Crippen LogP contribution in [0.1, 0.15) is 49.5 Å². The Kier molecular flexibility index (Phi) is 4.26. The molecule has 3 nitrogen and oxygen atoms in total. The Labute approximate surface area is 121 Å². The highest BCUT2D eigenvalue weighted by Gasteiger charge is 2.23. The number of nitrogens with zero attached hydrogens (tertiary/aromatic N) is 1. The van der Waals surface area contributed by atoms with Gasteiger partial charge in [-0.3, -0.25) is 4.79 Å². The second kappa shape index (κ2) is 5.78. The number of amides is 1. The van der Waals surface area contributed by atoms with Gasteiger partial charge in [-0.05, 0) is 36.0 Å². The maximum Gasteiger partial charge on any atom is 0.253 e. The number of aldehydes is 1. The first-order valence-corrected chi connectivity index (χ1v) is 7.27. The first-order valence-electron chi connectivity index (χ1n) is 7.27. The fourth-order valence-corrected chi connectivity index (χ4v) is 2.53. The predicted molar refractivity (Wildman–Crippen MR) is 79.8 cm³/mol. The van der Waals surface area contributed by atoms with Crippen molar-refractivity contribution in [1.29, 1.82) is 0 Å². The highest BCUT2D eigenvalue weighted by atomic mass is 16.2. The molecule has 0 radical (unpaired) electrons. The standard InChI is InChI=1S/C17H23NO2/c1-17(2,3)15-6-4-14(5-7-15)16(20)18-10-8-13(12-19)9-11-18/h4-7,12-13H,8-11H2,1-3H3. The zero-order valence-electron chi connectivity index (χ0n) is 12.6. The lowest BCUT2D eigenvalue weighted by Crippen LogP contribution is -2.38. The van der Waals surface area contributed by atoms with Gasteiger partial charge in [0, 0.05) is 24.6 Å². The van der Waals surface area contributed by atoms with E-state index in [9.17, 15) is 9.59 Å². The maximum absolute atomic E-state index is 12.4. The molecule has 1 saturated heterocycles. The average molecular weight is 273 g/mol. The molecule has 2 rings (SSSR count). The summed E-state index contributed by atoms with van der Waals surface area (Å²) in [7, 11) is 0. The number of likely N-dealkylation sites (tertiary alicyclic amines) is 1. The molecule has 0 spiro atoms. The Morgan fingerprint density at radius 3 is 2.15 bits per heavy atom. The first-order chi connectivity index (χ1) is 9.41. The Morgan fingerprint density at radius 1 is 1.15 bits per heavy atom. The van der Waals surface area contributed by atoms with Crippen LogP contribution in [0.4, 0.5) is 0 Å². The number of benzene rings is 1. The molecular formula is C17H23NO2. The quantitative estimate of drug-likeness (QED) is 0.777. The molecule has 0 aliphatic carbocycles. The van der Waals surface area contributed by atoms with Crippen molar-refractivity contribution in [1.82, 2.24) is 4.90 Å². The monoisotopic (exact) mass is 273 g/mol. The average Bonchev–Trinajstić information content (AvgIpc) is 2.46. The minimum absolute atomic E-state index is 0.0785. The van der Waals surface area contributed by atoms with E-state index in [1.165, 1.54) is 5.56 Å². The number of rotatable bonds is 2. The van der Waals surface area contributed by atoms with Crippen LogP contribution in [-0.2, 0) is 10.2 Å². The van der Waals surface area contributed by atoms with Crippen molar-refractivity contribution < 1.29 is 9.59 Å². The summed E-state index contributed by atoms with van der Waals surface area (Å²) in [4.78, 5) is 25.0. The van der Waals surface area contributed by atoms with Gasteiger partial charge in [0.1, 0.15) is 6.29 Å². The first kappa shape index (κ1) is 14.8. The number of carbonyl (C=O) groups excluding carboxylic acids is 2. The molecule has 1 amide bonds. The number of carbonyl (C=O) groups is 2. The van der Waals surface area contributed by atoms with E-state index in [0.29, 0.717) is 13.1 Å². The van der Waals surface area contributed by atoms with Crippen molar-refractivity contribution in [3.63, 3.8) is 0 Å². The minimum atomic E-state index is 0.0785. The zero-order chi connectivity index (χ0) is 14.8. The Bertz CT molecular complexity index is 477. The molecular weight excluding hydrogens is 250 g/mol. The summed E-state index contributed by atoms with van der Waals surface area (Å²) in [5.41, 5.74) is 2.07. The summed E-state index contributed by atoms with van der Waals surface area (Å²) in [5.74, 6) is 0.206. The fourth-order valence-electron chi connectivity index (χ4n) is 2.53. The summed E-state index contributed by atoms with van der Waals surface area (Å²) >= 11 is 0. The fraction of sp³-hybridized carbons (Fsp3) is 0.529. The van der Waals surface area contributed by atoms with Crippen LogP contribution < -0.4 is 0 Å². The Morgan fingerprint density at radius 2 is 1.70 bits per heavy atom. The van der Waals surface area contributed by atoms with Crippen molar-refractivity contribution >= 4 is 12.2 Å². The maximum atomic E-state index is 12.4. The summed E-state index contributed by atoms with van der Waals surface area (Å²) < 4.78 is 0. The summed E-state index contributed by atoms with van der Waals surface area (Å²) in [5, 5.41) is 0. The van der Waals surface area contributed by atoms with Gasteiger partial charge >= 0.3 is 0 Å². The van der Waals surface area contributed by atoms with E-state index in [0.717, 1.165) is 24.7 Å². The molecule has 3 heteroatoms. The van der Waals surface area contributed by atoms with E-state index in [2.05, 4.69) is 20.8 Å². The molecule has 0 N–H and O–H groups in total. The van der Waals surface area contributed by atoms with Gasteiger partial charge in [-0.2, -0.15) is 0 Å². The SMILES string of the molecule is CC(C)(C)c1ccc(C(=O)N2CCC(C=O)CC2)cc1. The lowest BCUT2D eigenvalue weighted by molar-refractivity contribution is -0.112. The molecule has 108 valence electrons. The summed E-state index contributed by atoms with van der Waals surface area (Å²) in [6, 6.07) is 7.89. The summed E-state index contributed by atoms with van der Waals surface area (Å²) in [6.07, 6.45) is 2.59. The highest BCUT2D eigenvalue weighted by molar-refractivity contribution is 5.94. The second-order valence-corrected chi connectivity index (χ2v) is 6.59. The van der Waals surface area contributed by atoms with E-state index >= 15 is 0 Å². The van der Waals surface area contributed by atoms with Gasteiger partial charge in [-0.15, -0.1) is 0 Å². The van der Waals surface area contributed by atoms with Crippen molar-refractivity contribution in [2.75, 3.05) is 13.1 Å². The van der Waals surface area contributed by atoms with E-state index in [-0.39, 0.29) is 17.2 Å². The molecule has 0 atom stereocenters. The largest absolute Gasteiger partial charge is 0.339 e. The van der Waals surface area contributed by atoms with Gasteiger partial charge in [0.05, 0.1) is 0 Å². The Hall–Kier alpha value is -1.64. The third-order valence-electron chi connectivity index (χ3n) is 4.02. The van der Waals surface area contributed by atoms with E-state index in [1.54, 1.807) is 0 Å². The third-order valence-corrected chi connectivity index (χ3v) is 4.02. The van der Waals surface area contributed by atoms with Crippen LogP contribution in [0.3, 0.4) is 0 Å². The molecule has 20 heavy (non-hydrogen) atoms. The zero-order valence-corrected chi connectivity index (χ0v) is 12.6. The van der Waals surface area contributed by atoms with Crippen LogP contribution in [0.2, 0.25) is 0 Å². The molecule has 1 aromatic carbocycles. The van der Waals surface area contributed by atoms with Crippen molar-refractivity contribution in [2.45, 2.75) is 39.0 Å². The third kappa shape index (κ3) is 3.27. The van der Waals surface area contributed by atoms with Gasteiger partial charge in [0.15, 0.2) is 0 Å². The van der Waals surface area contributed by atoms with Crippen LogP contribution in [0.5, 0.6) is 0 Å². The van der Waals surface area contributed by atoms with E-state index < -0.39 is 0 Å². The Balaban J connectivity index is 2.05. The topological polar surface area (TPSA) is 37.4 Å². The predicted octanol–water partition coefficient (Wildman–Crippen LogP) is 3.04. The summed E-state index contributed by atoms with van der Waals surface area (Å²) in [6.45, 7) is 7.85. The molecule has 0 unspecified atom stereocenters. The van der Waals surface area contributed by atoms with Crippen molar-refractivity contribution in [3.05, 3.63) is 35.4 Å². The number of hydrogen-bond donors (Lipinski definition) is 0. The van der Waals surface area contributed by atoms with Gasteiger partial charge in [0.2, 0.25) is 0 Å². The van der Waals surface area contributed by atoms with E-state index in [4.69, 9.17) is 0 Å². The lowest BCUT2D eigenvalue weighted by Gasteiger charge is -2.30. The van der Waals surface area contributed by atoms with Gasteiger partial charge in [-0.25, -0.2) is 0 Å². The number of hydrogen-bond acceptors (Lipinski definition) is 2. The van der Waals surface area contributed by atoms with Crippen LogP contribution in [0.25, 0.3) is 0 Å². The van der Waals surface area contributed by atoms with Gasteiger partial charge in [-0.1, -0.05) is 32.9 Å². The molecule has 0 aromatic heterocycles. The van der Waals surface area contributed by atoms with Crippen LogP contribution in [0.15, 0.2) is 24.3 Å². The second-order valence-electron chi connectivity index (χ2n) is 6.59. The molecule has 0 saturated carbocycles. The van der Waals surface area contributed by atoms with Crippen LogP contribution in [-0.4, -0.2) is 30.2 Å². The highest BCUT2D eigenvalue weighted by Crippen LogP contribution is 2.23. The van der Waals surface area contributed by atoms with Crippen molar-refractivity contribution in [3.8, 4) is 0 Å². The van der Waals surface area contributed by atoms with Crippen molar-refractivity contribution in [2.24, 2.45) is 5.92 Å². The normalized spacial score (nSPS) is 17.1.